The summed E-state index contributed by atoms with van der Waals surface area (Å²) >= 11 is 0. The summed E-state index contributed by atoms with van der Waals surface area (Å²) in [6.07, 6.45) is 0.959. The van der Waals surface area contributed by atoms with Gasteiger partial charge in [0.1, 0.15) is 0 Å². The van der Waals surface area contributed by atoms with E-state index in [0.717, 1.165) is 0 Å². The Morgan fingerprint density at radius 3 is 1.88 bits per heavy atom. The van der Waals surface area contributed by atoms with Crippen molar-refractivity contribution < 1.29 is 19.2 Å². The number of ketones is 2. The summed E-state index contributed by atoms with van der Waals surface area (Å²) in [5, 5.41) is -0.988. The average Bonchev–Trinajstić information content (AvgIpc) is 3.06. The molecule has 2 aliphatic rings. The van der Waals surface area contributed by atoms with Gasteiger partial charge in [-0.05, 0) is 0 Å². The van der Waals surface area contributed by atoms with Crippen molar-refractivity contribution in [3.8, 4) is 0 Å². The fraction of sp³-hybridized carbons (Fsp3) is 0.636. The van der Waals surface area contributed by atoms with Gasteiger partial charge in [-0.2, -0.15) is 0 Å². The van der Waals surface area contributed by atoms with Crippen LogP contribution >= 0.6 is 6.60 Å². The van der Waals surface area contributed by atoms with E-state index in [2.05, 4.69) is 0 Å². The molecule has 4 nitrogen and oxygen atoms in total. The van der Waals surface area contributed by atoms with E-state index >= 15 is 0 Å². The van der Waals surface area contributed by atoms with Crippen LogP contribution < -0.4 is 0 Å². The molecule has 0 amide bonds. The molecule has 1 unspecified atom stereocenters. The maximum absolute atomic E-state index is 12.2. The third-order valence-corrected chi connectivity index (χ3v) is 12.3. The van der Waals surface area contributed by atoms with Gasteiger partial charge in [-0.15, -0.1) is 0 Å². The topological polar surface area (TPSA) is 68.3 Å². The zero-order valence-corrected chi connectivity index (χ0v) is 10.6. The zero-order valence-electron chi connectivity index (χ0n) is 9.70. The predicted molar refractivity (Wildman–Crippen MR) is 61.1 cm³/mol. The van der Waals surface area contributed by atoms with Crippen LogP contribution in [0.2, 0.25) is 0 Å². The van der Waals surface area contributed by atoms with Gasteiger partial charge >= 0.3 is 93.1 Å². The van der Waals surface area contributed by atoms with E-state index in [4.69, 9.17) is 0 Å². The summed E-state index contributed by atoms with van der Waals surface area (Å²) in [7, 11) is 0. The molecule has 1 atom stereocenters. The van der Waals surface area contributed by atoms with Gasteiger partial charge in [-0.3, -0.25) is 0 Å². The molecular weight excluding hydrogens is 227 g/mol. The van der Waals surface area contributed by atoms with Gasteiger partial charge in [-0.25, -0.2) is 0 Å². The van der Waals surface area contributed by atoms with Crippen molar-refractivity contribution in [2.24, 2.45) is 0 Å². The van der Waals surface area contributed by atoms with E-state index in [1.165, 1.54) is 6.92 Å². The summed E-state index contributed by atoms with van der Waals surface area (Å²) in [5.74, 6) is -0.681. The van der Waals surface area contributed by atoms with E-state index in [1.54, 1.807) is 13.8 Å². The van der Waals surface area contributed by atoms with E-state index in [-0.39, 0.29) is 17.7 Å². The average molecular weight is 242 g/mol. The van der Waals surface area contributed by atoms with Gasteiger partial charge in [0.15, 0.2) is 0 Å². The summed E-state index contributed by atoms with van der Waals surface area (Å²) in [4.78, 5) is 47.1. The molecule has 1 heterocycles. The van der Waals surface area contributed by atoms with E-state index < -0.39 is 23.1 Å². The predicted octanol–water partition coefficient (Wildman–Crippen LogP) is 0.947. The van der Waals surface area contributed by atoms with E-state index in [0.29, 0.717) is 12.3 Å². The van der Waals surface area contributed by atoms with Crippen LogP contribution in [0.15, 0.2) is 0 Å². The van der Waals surface area contributed by atoms with Crippen molar-refractivity contribution in [1.82, 2.24) is 0 Å². The van der Waals surface area contributed by atoms with Crippen molar-refractivity contribution in [3.63, 3.8) is 0 Å². The van der Waals surface area contributed by atoms with E-state index in [1.807, 2.05) is 0 Å². The zero-order chi connectivity index (χ0) is 12.4. The third kappa shape index (κ3) is 0.708. The number of Topliss-reactive ketones (excluding diaryl/α,β-unsaturated/α-hetero) is 2. The van der Waals surface area contributed by atoms with Crippen molar-refractivity contribution in [3.05, 3.63) is 0 Å². The monoisotopic (exact) mass is 242 g/mol. The Hall–Kier alpha value is -0.890. The summed E-state index contributed by atoms with van der Waals surface area (Å²) in [6.45, 7) is 1.37. The second-order valence-corrected chi connectivity index (χ2v) is 10.6. The molecule has 0 bridgehead atoms. The molecule has 1 aliphatic heterocycles. The minimum absolute atomic E-state index is 0.117. The minimum atomic E-state index is -3.36. The fourth-order valence-corrected chi connectivity index (χ4v) is 10.5. The Bertz CT molecular complexity index is 461. The molecule has 0 aromatic rings. The van der Waals surface area contributed by atoms with Crippen LogP contribution in [0.3, 0.4) is 0 Å². The number of hydrogen-bond donors (Lipinski definition) is 0. The van der Waals surface area contributed by atoms with Crippen LogP contribution in [-0.2, 0) is 19.2 Å². The van der Waals surface area contributed by atoms with Gasteiger partial charge in [0, 0.05) is 0 Å². The Morgan fingerprint density at radius 2 is 1.69 bits per heavy atom. The van der Waals surface area contributed by atoms with Crippen molar-refractivity contribution in [1.29, 1.82) is 0 Å². The molecule has 0 aromatic carbocycles. The number of carbonyl (C=O) groups excluding carboxylic acids is 4. The van der Waals surface area contributed by atoms with Gasteiger partial charge < -0.3 is 0 Å². The first-order valence-electron chi connectivity index (χ1n) is 5.49. The van der Waals surface area contributed by atoms with E-state index in [9.17, 15) is 19.2 Å². The number of carbonyl (C=O) groups is 4. The maximum atomic E-state index is 12.2. The molecule has 1 spiro atoms. The number of hydrogen-bond acceptors (Lipinski definition) is 4. The SMILES string of the molecule is CCP1(CC)(C(=O)C(C)=O)C(=O)C12CC2=O. The van der Waals surface area contributed by atoms with Crippen LogP contribution in [0.5, 0.6) is 0 Å². The molecule has 5 heteroatoms. The normalized spacial score (nSPS) is 35.3. The molecule has 16 heavy (non-hydrogen) atoms. The van der Waals surface area contributed by atoms with Gasteiger partial charge in [-0.1, -0.05) is 0 Å². The van der Waals surface area contributed by atoms with Crippen LogP contribution in [0.1, 0.15) is 27.2 Å². The quantitative estimate of drug-likeness (QED) is 0.418. The third-order valence-electron chi connectivity index (χ3n) is 4.66. The molecule has 1 aliphatic carbocycles. The molecule has 1 saturated heterocycles. The van der Waals surface area contributed by atoms with Crippen LogP contribution in [0.4, 0.5) is 0 Å². The summed E-state index contributed by atoms with van der Waals surface area (Å²) in [5.41, 5.74) is -0.722. The van der Waals surface area contributed by atoms with Crippen molar-refractivity contribution in [2.75, 3.05) is 12.3 Å². The Kier molecular flexibility index (Phi) is 1.94. The number of rotatable bonds is 4. The second-order valence-electron chi connectivity index (χ2n) is 4.77. The first-order chi connectivity index (χ1) is 7.35. The molecule has 0 radical (unpaired) electrons. The molecule has 1 saturated carbocycles. The Labute approximate surface area is 93.7 Å². The van der Waals surface area contributed by atoms with Crippen molar-refractivity contribution in [2.45, 2.75) is 32.3 Å². The van der Waals surface area contributed by atoms with Gasteiger partial charge in [0.05, 0.1) is 0 Å². The molecular formula is C11H15O4P. The molecule has 0 N–H and O–H groups in total. The van der Waals surface area contributed by atoms with Crippen molar-refractivity contribution >= 4 is 29.2 Å². The summed E-state index contributed by atoms with van der Waals surface area (Å²) in [6, 6.07) is 0. The van der Waals surface area contributed by atoms with Gasteiger partial charge in [0.25, 0.3) is 0 Å². The summed E-state index contributed by atoms with van der Waals surface area (Å²) < 4.78 is 0. The first kappa shape index (κ1) is 11.6. The van der Waals surface area contributed by atoms with Crippen LogP contribution in [0, 0.1) is 0 Å². The molecule has 2 rings (SSSR count). The standard InChI is InChI=1S/C11H15O4P/c1-4-16(5-2,9(14)7(3)12)10(15)11(16)6-8(11)13/h4-6H2,1-3H3. The first-order valence-corrected chi connectivity index (χ1v) is 8.10. The van der Waals surface area contributed by atoms with Crippen LogP contribution in [0.25, 0.3) is 0 Å². The fourth-order valence-electron chi connectivity index (χ4n) is 3.45. The Morgan fingerprint density at radius 1 is 1.25 bits per heavy atom. The van der Waals surface area contributed by atoms with Crippen LogP contribution in [-0.4, -0.2) is 40.1 Å². The Balaban J connectivity index is 2.64. The molecule has 2 fully saturated rings. The molecule has 0 aromatic heterocycles. The second kappa shape index (κ2) is 2.67. The molecule has 88 valence electrons. The van der Waals surface area contributed by atoms with Gasteiger partial charge in [0.2, 0.25) is 0 Å².